The zero-order valence-corrected chi connectivity index (χ0v) is 13.7. The van der Waals surface area contributed by atoms with E-state index in [-0.39, 0.29) is 6.10 Å². The first-order chi connectivity index (χ1) is 9.24. The average molecular weight is 277 g/mol. The Kier molecular flexibility index (Phi) is 8.00. The Hall–Kier alpha value is -1.48. The molecule has 112 valence electrons. The van der Waals surface area contributed by atoms with Gasteiger partial charge in [0.05, 0.1) is 0 Å². The number of allylic oxidation sites excluding steroid dienone is 7. The molecule has 1 unspecified atom stereocenters. The fourth-order valence-corrected chi connectivity index (χ4v) is 1.46. The normalized spacial score (nSPS) is 14.8. The van der Waals surface area contributed by atoms with E-state index >= 15 is 0 Å². The van der Waals surface area contributed by atoms with Crippen LogP contribution in [0.15, 0.2) is 52.3 Å². The highest BCUT2D eigenvalue weighted by Gasteiger charge is 2.28. The Morgan fingerprint density at radius 1 is 1.15 bits per heavy atom. The largest absolute Gasteiger partial charge is 0.375 e. The molecule has 0 N–H and O–H groups in total. The molecular formula is C17H27NO2. The molecule has 20 heavy (non-hydrogen) atoms. The predicted octanol–water partition coefficient (Wildman–Crippen LogP) is 4.96. The van der Waals surface area contributed by atoms with Gasteiger partial charge in [0.1, 0.15) is 11.6 Å². The number of nitrogens with zero attached hydrogens (tertiary/aromatic N) is 1. The van der Waals surface area contributed by atoms with Crippen molar-refractivity contribution in [3.8, 4) is 0 Å². The summed E-state index contributed by atoms with van der Waals surface area (Å²) in [5.41, 5.74) is 2.90. The van der Waals surface area contributed by atoms with E-state index in [1.165, 1.54) is 11.1 Å². The maximum atomic E-state index is 10.8. The lowest BCUT2D eigenvalue weighted by Crippen LogP contribution is -2.33. The van der Waals surface area contributed by atoms with E-state index in [1.807, 2.05) is 31.2 Å². The SMILES string of the molecule is COC(/C=C/C(C)=C/C=C/C(C)=C(C)C)C(C)(C)N=O. The molecule has 1 atom stereocenters. The van der Waals surface area contributed by atoms with E-state index in [4.69, 9.17) is 4.74 Å². The average Bonchev–Trinajstić information content (AvgIpc) is 2.38. The van der Waals surface area contributed by atoms with Crippen molar-refractivity contribution in [1.82, 2.24) is 0 Å². The molecule has 0 bridgehead atoms. The minimum atomic E-state index is -0.764. The van der Waals surface area contributed by atoms with Crippen LogP contribution in [0.4, 0.5) is 0 Å². The zero-order chi connectivity index (χ0) is 15.8. The van der Waals surface area contributed by atoms with Gasteiger partial charge in [-0.2, -0.15) is 4.91 Å². The number of rotatable bonds is 7. The molecule has 0 fully saturated rings. The first kappa shape index (κ1) is 18.5. The number of hydrogen-bond acceptors (Lipinski definition) is 3. The van der Waals surface area contributed by atoms with Crippen LogP contribution >= 0.6 is 0 Å². The molecule has 3 nitrogen and oxygen atoms in total. The van der Waals surface area contributed by atoms with Crippen LogP contribution in [0.25, 0.3) is 0 Å². The van der Waals surface area contributed by atoms with Crippen molar-refractivity contribution in [2.75, 3.05) is 7.11 Å². The summed E-state index contributed by atoms with van der Waals surface area (Å²) in [4.78, 5) is 10.8. The van der Waals surface area contributed by atoms with E-state index in [0.717, 1.165) is 5.57 Å². The van der Waals surface area contributed by atoms with E-state index in [0.29, 0.717) is 0 Å². The van der Waals surface area contributed by atoms with Crippen molar-refractivity contribution in [2.24, 2.45) is 5.18 Å². The summed E-state index contributed by atoms with van der Waals surface area (Å²) in [6, 6.07) is 0. The van der Waals surface area contributed by atoms with Crippen LogP contribution in [-0.2, 0) is 4.74 Å². The smallest absolute Gasteiger partial charge is 0.127 e. The van der Waals surface area contributed by atoms with Gasteiger partial charge in [-0.3, -0.25) is 0 Å². The van der Waals surface area contributed by atoms with Crippen LogP contribution in [0.3, 0.4) is 0 Å². The van der Waals surface area contributed by atoms with Crippen molar-refractivity contribution in [2.45, 2.75) is 53.2 Å². The van der Waals surface area contributed by atoms with Crippen LogP contribution in [-0.4, -0.2) is 18.8 Å². The Balaban J connectivity index is 4.82. The Bertz CT molecular complexity index is 436. The molecule has 0 aromatic heterocycles. The van der Waals surface area contributed by atoms with E-state index in [1.54, 1.807) is 21.0 Å². The van der Waals surface area contributed by atoms with E-state index < -0.39 is 5.54 Å². The minimum absolute atomic E-state index is 0.327. The number of nitroso groups, excluding NO2 is 1. The fourth-order valence-electron chi connectivity index (χ4n) is 1.46. The monoisotopic (exact) mass is 277 g/mol. The summed E-state index contributed by atoms with van der Waals surface area (Å²) in [6.45, 7) is 11.8. The minimum Gasteiger partial charge on any atom is -0.375 e. The molecular weight excluding hydrogens is 250 g/mol. The summed E-state index contributed by atoms with van der Waals surface area (Å²) in [7, 11) is 1.58. The molecule has 0 saturated heterocycles. The molecule has 0 spiro atoms. The van der Waals surface area contributed by atoms with E-state index in [2.05, 4.69) is 32.0 Å². The maximum Gasteiger partial charge on any atom is 0.127 e. The van der Waals surface area contributed by atoms with Gasteiger partial charge in [-0.05, 0) is 41.5 Å². The van der Waals surface area contributed by atoms with Crippen molar-refractivity contribution in [1.29, 1.82) is 0 Å². The van der Waals surface area contributed by atoms with Crippen molar-refractivity contribution in [3.05, 3.63) is 52.0 Å². The Labute approximate surface area is 123 Å². The van der Waals surface area contributed by atoms with Gasteiger partial charge in [0.2, 0.25) is 0 Å². The van der Waals surface area contributed by atoms with Crippen LogP contribution in [0.1, 0.15) is 41.5 Å². The molecule has 0 aromatic carbocycles. The topological polar surface area (TPSA) is 38.7 Å². The van der Waals surface area contributed by atoms with Crippen LogP contribution < -0.4 is 0 Å². The van der Waals surface area contributed by atoms with Crippen molar-refractivity contribution >= 4 is 0 Å². The highest BCUT2D eigenvalue weighted by Crippen LogP contribution is 2.18. The van der Waals surface area contributed by atoms with Gasteiger partial charge in [0, 0.05) is 7.11 Å². The van der Waals surface area contributed by atoms with Crippen molar-refractivity contribution < 1.29 is 4.74 Å². The highest BCUT2D eigenvalue weighted by atomic mass is 16.5. The second kappa shape index (κ2) is 8.64. The predicted molar refractivity (Wildman–Crippen MR) is 86.8 cm³/mol. The van der Waals surface area contributed by atoms with Gasteiger partial charge in [0.25, 0.3) is 0 Å². The molecule has 0 aliphatic carbocycles. The molecule has 0 aliphatic heterocycles. The lowest BCUT2D eigenvalue weighted by atomic mass is 9.97. The first-order valence-corrected chi connectivity index (χ1v) is 6.79. The van der Waals surface area contributed by atoms with Crippen LogP contribution in [0.2, 0.25) is 0 Å². The summed E-state index contributed by atoms with van der Waals surface area (Å²) >= 11 is 0. The lowest BCUT2D eigenvalue weighted by molar-refractivity contribution is 0.0871. The third-order valence-electron chi connectivity index (χ3n) is 3.21. The van der Waals surface area contributed by atoms with Gasteiger partial charge < -0.3 is 4.74 Å². The second-order valence-corrected chi connectivity index (χ2v) is 5.71. The van der Waals surface area contributed by atoms with Gasteiger partial charge in [-0.25, -0.2) is 0 Å². The summed E-state index contributed by atoms with van der Waals surface area (Å²) in [5, 5.41) is 3.11. The zero-order valence-electron chi connectivity index (χ0n) is 13.7. The molecule has 0 rings (SSSR count). The van der Waals surface area contributed by atoms with Gasteiger partial charge >= 0.3 is 0 Å². The van der Waals surface area contributed by atoms with Gasteiger partial charge in [-0.15, -0.1) is 0 Å². The quantitative estimate of drug-likeness (QED) is 0.487. The lowest BCUT2D eigenvalue weighted by Gasteiger charge is -2.23. The summed E-state index contributed by atoms with van der Waals surface area (Å²) < 4.78 is 5.30. The molecule has 0 aliphatic rings. The van der Waals surface area contributed by atoms with Gasteiger partial charge in [-0.1, -0.05) is 52.3 Å². The maximum absolute atomic E-state index is 10.8. The standard InChI is InChI=1S/C17H27NO2/c1-13(2)15(4)10-8-9-14(3)11-12-16(20-7)17(5,6)18-19/h8-12,16H,1-7H3/b10-8+,12-11+,14-9+. The highest BCUT2D eigenvalue weighted by molar-refractivity contribution is 5.28. The Morgan fingerprint density at radius 2 is 1.75 bits per heavy atom. The molecule has 0 amide bonds. The molecule has 3 heteroatoms. The second-order valence-electron chi connectivity index (χ2n) is 5.71. The molecule has 0 radical (unpaired) electrons. The number of hydrogen-bond donors (Lipinski definition) is 0. The molecule has 0 aromatic rings. The van der Waals surface area contributed by atoms with Crippen molar-refractivity contribution in [3.63, 3.8) is 0 Å². The fraction of sp³-hybridized carbons (Fsp3) is 0.529. The first-order valence-electron chi connectivity index (χ1n) is 6.79. The summed E-state index contributed by atoms with van der Waals surface area (Å²) in [6.07, 6.45) is 9.62. The Morgan fingerprint density at radius 3 is 2.20 bits per heavy atom. The summed E-state index contributed by atoms with van der Waals surface area (Å²) in [5.74, 6) is 0. The third kappa shape index (κ3) is 6.62. The van der Waals surface area contributed by atoms with E-state index in [9.17, 15) is 4.91 Å². The molecule has 0 saturated carbocycles. The number of methoxy groups -OCH3 is 1. The number of ether oxygens (including phenoxy) is 1. The van der Waals surface area contributed by atoms with Crippen LogP contribution in [0, 0.1) is 4.91 Å². The van der Waals surface area contributed by atoms with Gasteiger partial charge in [0.15, 0.2) is 0 Å². The van der Waals surface area contributed by atoms with Crippen LogP contribution in [0.5, 0.6) is 0 Å². The molecule has 0 heterocycles. The third-order valence-corrected chi connectivity index (χ3v) is 3.21.